The zero-order chi connectivity index (χ0) is 13.0. The number of nitrogens with two attached hydrogens (primary N) is 1. The van der Waals surface area contributed by atoms with Gasteiger partial charge in [0.2, 0.25) is 0 Å². The SMILES string of the molecule is Nc1ccc(CCOc2cc(F)ccc2F)cc1. The molecule has 94 valence electrons. The third-order valence-corrected chi connectivity index (χ3v) is 2.52. The minimum Gasteiger partial charge on any atom is -0.490 e. The Morgan fingerprint density at radius 2 is 1.72 bits per heavy atom. The molecule has 2 aromatic rings. The van der Waals surface area contributed by atoms with Gasteiger partial charge >= 0.3 is 0 Å². The Morgan fingerprint density at radius 1 is 1.00 bits per heavy atom. The van der Waals surface area contributed by atoms with E-state index in [1.807, 2.05) is 12.1 Å². The zero-order valence-corrected chi connectivity index (χ0v) is 9.70. The van der Waals surface area contributed by atoms with Gasteiger partial charge in [0.05, 0.1) is 6.61 Å². The largest absolute Gasteiger partial charge is 0.490 e. The average molecular weight is 249 g/mol. The van der Waals surface area contributed by atoms with Gasteiger partial charge in [-0.1, -0.05) is 12.1 Å². The van der Waals surface area contributed by atoms with Crippen molar-refractivity contribution >= 4 is 5.69 Å². The number of anilines is 1. The van der Waals surface area contributed by atoms with Crippen LogP contribution >= 0.6 is 0 Å². The second kappa shape index (κ2) is 5.49. The summed E-state index contributed by atoms with van der Waals surface area (Å²) in [5.41, 5.74) is 7.28. The van der Waals surface area contributed by atoms with Crippen LogP contribution in [-0.2, 0) is 6.42 Å². The normalized spacial score (nSPS) is 10.3. The number of halogens is 2. The van der Waals surface area contributed by atoms with Crippen molar-refractivity contribution in [1.82, 2.24) is 0 Å². The Morgan fingerprint density at radius 3 is 2.44 bits per heavy atom. The molecule has 0 spiro atoms. The Balaban J connectivity index is 1.92. The van der Waals surface area contributed by atoms with Crippen molar-refractivity contribution in [2.45, 2.75) is 6.42 Å². The van der Waals surface area contributed by atoms with Crippen LogP contribution in [0.1, 0.15) is 5.56 Å². The lowest BCUT2D eigenvalue weighted by Crippen LogP contribution is -2.03. The van der Waals surface area contributed by atoms with Gasteiger partial charge in [-0.05, 0) is 29.8 Å². The summed E-state index contributed by atoms with van der Waals surface area (Å²) in [6, 6.07) is 10.5. The highest BCUT2D eigenvalue weighted by Gasteiger charge is 2.04. The summed E-state index contributed by atoms with van der Waals surface area (Å²) in [5, 5.41) is 0. The van der Waals surface area contributed by atoms with Gasteiger partial charge in [0.15, 0.2) is 11.6 Å². The number of benzene rings is 2. The second-order valence-corrected chi connectivity index (χ2v) is 3.91. The smallest absolute Gasteiger partial charge is 0.165 e. The molecule has 0 atom stereocenters. The third kappa shape index (κ3) is 3.20. The van der Waals surface area contributed by atoms with E-state index in [2.05, 4.69) is 0 Å². The fourth-order valence-electron chi connectivity index (χ4n) is 1.55. The van der Waals surface area contributed by atoms with Crippen molar-refractivity contribution in [3.8, 4) is 5.75 Å². The highest BCUT2D eigenvalue weighted by atomic mass is 19.1. The average Bonchev–Trinajstić information content (AvgIpc) is 2.36. The van der Waals surface area contributed by atoms with Gasteiger partial charge in [0.25, 0.3) is 0 Å². The molecule has 0 aliphatic carbocycles. The monoisotopic (exact) mass is 249 g/mol. The van der Waals surface area contributed by atoms with E-state index in [1.54, 1.807) is 12.1 Å². The summed E-state index contributed by atoms with van der Waals surface area (Å²) >= 11 is 0. The van der Waals surface area contributed by atoms with E-state index >= 15 is 0 Å². The molecule has 0 fully saturated rings. The van der Waals surface area contributed by atoms with Gasteiger partial charge in [-0.3, -0.25) is 0 Å². The second-order valence-electron chi connectivity index (χ2n) is 3.91. The van der Waals surface area contributed by atoms with Gasteiger partial charge in [0.1, 0.15) is 5.82 Å². The maximum atomic E-state index is 13.2. The molecule has 0 saturated carbocycles. The first kappa shape index (κ1) is 12.4. The standard InChI is InChI=1S/C14H13F2NO/c15-11-3-6-13(16)14(9-11)18-8-7-10-1-4-12(17)5-2-10/h1-6,9H,7-8,17H2. The van der Waals surface area contributed by atoms with Crippen LogP contribution in [0.25, 0.3) is 0 Å². The van der Waals surface area contributed by atoms with Crippen LogP contribution in [-0.4, -0.2) is 6.61 Å². The summed E-state index contributed by atoms with van der Waals surface area (Å²) in [5.74, 6) is -1.14. The van der Waals surface area contributed by atoms with Gasteiger partial charge < -0.3 is 10.5 Å². The molecule has 0 saturated heterocycles. The highest BCUT2D eigenvalue weighted by molar-refractivity contribution is 5.39. The summed E-state index contributed by atoms with van der Waals surface area (Å²) in [7, 11) is 0. The number of rotatable bonds is 4. The summed E-state index contributed by atoms with van der Waals surface area (Å²) in [6.45, 7) is 0.282. The molecule has 2 N–H and O–H groups in total. The van der Waals surface area contributed by atoms with Crippen LogP contribution in [0.4, 0.5) is 14.5 Å². The summed E-state index contributed by atoms with van der Waals surface area (Å²) in [4.78, 5) is 0. The van der Waals surface area contributed by atoms with E-state index in [4.69, 9.17) is 10.5 Å². The van der Waals surface area contributed by atoms with Crippen LogP contribution < -0.4 is 10.5 Å². The number of nitrogen functional groups attached to an aromatic ring is 1. The topological polar surface area (TPSA) is 35.2 Å². The lowest BCUT2D eigenvalue weighted by Gasteiger charge is -2.07. The Kier molecular flexibility index (Phi) is 3.77. The van der Waals surface area contributed by atoms with Crippen LogP contribution in [0.5, 0.6) is 5.75 Å². The van der Waals surface area contributed by atoms with Gasteiger partial charge in [-0.25, -0.2) is 8.78 Å². The molecule has 0 unspecified atom stereocenters. The minimum atomic E-state index is -0.561. The fourth-order valence-corrected chi connectivity index (χ4v) is 1.55. The molecular formula is C14H13F2NO. The van der Waals surface area contributed by atoms with Crippen molar-refractivity contribution in [3.05, 3.63) is 59.7 Å². The highest BCUT2D eigenvalue weighted by Crippen LogP contribution is 2.18. The van der Waals surface area contributed by atoms with Crippen molar-refractivity contribution in [3.63, 3.8) is 0 Å². The minimum absolute atomic E-state index is 0.0644. The molecule has 2 nitrogen and oxygen atoms in total. The van der Waals surface area contributed by atoms with E-state index in [9.17, 15) is 8.78 Å². The molecular weight excluding hydrogens is 236 g/mol. The van der Waals surface area contributed by atoms with Crippen LogP contribution in [0, 0.1) is 11.6 Å². The van der Waals surface area contributed by atoms with E-state index in [0.29, 0.717) is 12.1 Å². The number of hydrogen-bond donors (Lipinski definition) is 1. The van der Waals surface area contributed by atoms with Gasteiger partial charge in [-0.15, -0.1) is 0 Å². The quantitative estimate of drug-likeness (QED) is 0.845. The van der Waals surface area contributed by atoms with Crippen molar-refractivity contribution in [1.29, 1.82) is 0 Å². The number of ether oxygens (including phenoxy) is 1. The molecule has 0 heterocycles. The molecule has 2 rings (SSSR count). The summed E-state index contributed by atoms with van der Waals surface area (Å²) in [6.07, 6.45) is 0.607. The van der Waals surface area contributed by atoms with E-state index in [1.165, 1.54) is 0 Å². The lowest BCUT2D eigenvalue weighted by molar-refractivity contribution is 0.303. The molecule has 0 radical (unpaired) electrons. The van der Waals surface area contributed by atoms with Crippen molar-refractivity contribution < 1.29 is 13.5 Å². The van der Waals surface area contributed by atoms with Crippen LogP contribution in [0.3, 0.4) is 0 Å². The maximum absolute atomic E-state index is 13.2. The Labute approximate surface area is 104 Å². The predicted molar refractivity (Wildman–Crippen MR) is 66.4 cm³/mol. The predicted octanol–water partition coefficient (Wildman–Crippen LogP) is 3.17. The lowest BCUT2D eigenvalue weighted by atomic mass is 10.1. The third-order valence-electron chi connectivity index (χ3n) is 2.52. The Bertz CT molecular complexity index is 526. The zero-order valence-electron chi connectivity index (χ0n) is 9.70. The van der Waals surface area contributed by atoms with Crippen LogP contribution in [0.15, 0.2) is 42.5 Å². The molecule has 4 heteroatoms. The van der Waals surface area contributed by atoms with E-state index in [0.717, 1.165) is 23.8 Å². The maximum Gasteiger partial charge on any atom is 0.165 e. The molecule has 0 amide bonds. The number of hydrogen-bond acceptors (Lipinski definition) is 2. The molecule has 0 aromatic heterocycles. The van der Waals surface area contributed by atoms with Crippen molar-refractivity contribution in [2.24, 2.45) is 0 Å². The molecule has 18 heavy (non-hydrogen) atoms. The molecule has 0 bridgehead atoms. The van der Waals surface area contributed by atoms with Gasteiger partial charge in [0, 0.05) is 18.2 Å². The first-order valence-electron chi connectivity index (χ1n) is 5.57. The molecule has 0 aliphatic heterocycles. The first-order valence-corrected chi connectivity index (χ1v) is 5.57. The van der Waals surface area contributed by atoms with Crippen molar-refractivity contribution in [2.75, 3.05) is 12.3 Å². The first-order chi connectivity index (χ1) is 8.65. The Hall–Kier alpha value is -2.10. The van der Waals surface area contributed by atoms with E-state index < -0.39 is 11.6 Å². The van der Waals surface area contributed by atoms with Crippen LogP contribution in [0.2, 0.25) is 0 Å². The summed E-state index contributed by atoms with van der Waals surface area (Å²) < 4.78 is 31.3. The molecule has 0 aliphatic rings. The van der Waals surface area contributed by atoms with E-state index in [-0.39, 0.29) is 12.4 Å². The van der Waals surface area contributed by atoms with Gasteiger partial charge in [-0.2, -0.15) is 0 Å². The fraction of sp³-hybridized carbons (Fsp3) is 0.143. The molecule has 2 aromatic carbocycles.